The normalized spacial score (nSPS) is 23.1. The van der Waals surface area contributed by atoms with Gasteiger partial charge in [0.25, 0.3) is 0 Å². The molecule has 0 amide bonds. The molecule has 2 aromatic heterocycles. The minimum Gasteiger partial charge on any atom is -0.381 e. The maximum Gasteiger partial charge on any atom is 0.180 e. The summed E-state index contributed by atoms with van der Waals surface area (Å²) in [4.78, 5) is 16.8. The van der Waals surface area contributed by atoms with Crippen LogP contribution >= 0.6 is 0 Å². The summed E-state index contributed by atoms with van der Waals surface area (Å²) in [6, 6.07) is 6.41. The maximum atomic E-state index is 5.53. The van der Waals surface area contributed by atoms with Crippen molar-refractivity contribution in [3.8, 4) is 11.5 Å². The number of likely N-dealkylation sites (tertiary alicyclic amines) is 1. The average molecular weight is 380 g/mol. The zero-order chi connectivity index (χ0) is 18.8. The van der Waals surface area contributed by atoms with Gasteiger partial charge in [-0.1, -0.05) is 6.07 Å². The highest BCUT2D eigenvalue weighted by Crippen LogP contribution is 2.30. The number of hydrogen-bond donors (Lipinski definition) is 1. The summed E-state index contributed by atoms with van der Waals surface area (Å²) in [5, 5.41) is 3.78. The second kappa shape index (κ2) is 8.13. The lowest BCUT2D eigenvalue weighted by Gasteiger charge is -2.34. The molecule has 148 valence electrons. The Kier molecular flexibility index (Phi) is 5.23. The predicted octanol–water partition coefficient (Wildman–Crippen LogP) is 2.94. The smallest absolute Gasteiger partial charge is 0.180 e. The van der Waals surface area contributed by atoms with E-state index in [0.29, 0.717) is 6.04 Å². The quantitative estimate of drug-likeness (QED) is 0.862. The van der Waals surface area contributed by atoms with Crippen LogP contribution in [0.25, 0.3) is 11.5 Å². The van der Waals surface area contributed by atoms with E-state index >= 15 is 0 Å². The van der Waals surface area contributed by atoms with Gasteiger partial charge in [-0.05, 0) is 56.6 Å². The van der Waals surface area contributed by atoms with Crippen LogP contribution in [0.4, 0.5) is 5.82 Å². The first-order valence-corrected chi connectivity index (χ1v) is 10.7. The van der Waals surface area contributed by atoms with E-state index in [1.54, 1.807) is 0 Å². The van der Waals surface area contributed by atoms with E-state index in [1.807, 2.05) is 24.4 Å². The Morgan fingerprint density at radius 1 is 1.11 bits per heavy atom. The Bertz CT molecular complexity index is 798. The fourth-order valence-electron chi connectivity index (χ4n) is 4.71. The number of aromatic nitrogens is 3. The van der Waals surface area contributed by atoms with Crippen molar-refractivity contribution in [3.63, 3.8) is 0 Å². The van der Waals surface area contributed by atoms with Gasteiger partial charge >= 0.3 is 0 Å². The third-order valence-corrected chi connectivity index (χ3v) is 6.30. The number of nitrogens with one attached hydrogen (secondary N) is 1. The molecule has 1 atom stereocenters. The summed E-state index contributed by atoms with van der Waals surface area (Å²) < 4.78 is 5.53. The minimum absolute atomic E-state index is 0.493. The van der Waals surface area contributed by atoms with Crippen molar-refractivity contribution >= 4 is 5.82 Å². The lowest BCUT2D eigenvalue weighted by molar-refractivity contribution is 0.154. The van der Waals surface area contributed by atoms with E-state index in [1.165, 1.54) is 43.5 Å². The highest BCUT2D eigenvalue weighted by Gasteiger charge is 2.26. The summed E-state index contributed by atoms with van der Waals surface area (Å²) >= 11 is 0. The average Bonchev–Trinajstić information content (AvgIpc) is 3.42. The summed E-state index contributed by atoms with van der Waals surface area (Å²) in [6.07, 6.45) is 8.68. The van der Waals surface area contributed by atoms with Crippen molar-refractivity contribution in [1.82, 2.24) is 19.9 Å². The van der Waals surface area contributed by atoms with Crippen molar-refractivity contribution in [2.75, 3.05) is 38.2 Å². The zero-order valence-corrected chi connectivity index (χ0v) is 16.4. The van der Waals surface area contributed by atoms with E-state index in [9.17, 15) is 0 Å². The van der Waals surface area contributed by atoms with Crippen LogP contribution in [0.5, 0.6) is 0 Å². The molecule has 1 unspecified atom stereocenters. The molecule has 1 aliphatic carbocycles. The van der Waals surface area contributed by atoms with E-state index in [-0.39, 0.29) is 0 Å². The second-order valence-corrected chi connectivity index (χ2v) is 8.34. The molecule has 0 saturated carbocycles. The molecule has 4 heterocycles. The molecule has 1 N–H and O–H groups in total. The molecular formula is C22H29N5O. The van der Waals surface area contributed by atoms with Crippen molar-refractivity contribution in [3.05, 3.63) is 35.7 Å². The van der Waals surface area contributed by atoms with Gasteiger partial charge in [-0.15, -0.1) is 0 Å². The Morgan fingerprint density at radius 2 is 2.04 bits per heavy atom. The zero-order valence-electron chi connectivity index (χ0n) is 16.4. The molecule has 0 bridgehead atoms. The van der Waals surface area contributed by atoms with Gasteiger partial charge in [-0.2, -0.15) is 0 Å². The lowest BCUT2D eigenvalue weighted by Crippen LogP contribution is -2.41. The topological polar surface area (TPSA) is 63.2 Å². The first-order valence-electron chi connectivity index (χ1n) is 10.7. The highest BCUT2D eigenvalue weighted by molar-refractivity contribution is 5.58. The number of fused-ring (bicyclic) bond motifs is 1. The Hall–Kier alpha value is -2.05. The van der Waals surface area contributed by atoms with Crippen LogP contribution in [-0.2, 0) is 17.6 Å². The molecule has 5 rings (SSSR count). The number of hydrogen-bond acceptors (Lipinski definition) is 6. The highest BCUT2D eigenvalue weighted by atomic mass is 16.5. The van der Waals surface area contributed by atoms with Gasteiger partial charge in [-0.3, -0.25) is 4.98 Å². The standard InChI is InChI=1S/C22H29N5O/c1-2-10-23-20(5-1)22-25-19-6-3-4-18(19)21(26-22)24-17-7-11-27(12-8-17)14-16-9-13-28-15-16/h1-2,5,10,16-17H,3-4,6-9,11-15H2,(H,24,25,26). The fourth-order valence-corrected chi connectivity index (χ4v) is 4.71. The largest absolute Gasteiger partial charge is 0.381 e. The van der Waals surface area contributed by atoms with Gasteiger partial charge in [0, 0.05) is 49.7 Å². The van der Waals surface area contributed by atoms with Crippen LogP contribution in [0.1, 0.15) is 36.9 Å². The predicted molar refractivity (Wildman–Crippen MR) is 109 cm³/mol. The maximum absolute atomic E-state index is 5.53. The van der Waals surface area contributed by atoms with Crippen LogP contribution in [0, 0.1) is 5.92 Å². The van der Waals surface area contributed by atoms with Gasteiger partial charge in [0.15, 0.2) is 5.82 Å². The molecule has 0 aromatic carbocycles. The van der Waals surface area contributed by atoms with Crippen LogP contribution in [0.2, 0.25) is 0 Å². The van der Waals surface area contributed by atoms with Gasteiger partial charge < -0.3 is 15.0 Å². The molecule has 2 aromatic rings. The van der Waals surface area contributed by atoms with Crippen LogP contribution in [-0.4, -0.2) is 58.7 Å². The van der Waals surface area contributed by atoms with E-state index in [0.717, 1.165) is 62.4 Å². The molecule has 0 radical (unpaired) electrons. The molecule has 2 aliphatic heterocycles. The number of aryl methyl sites for hydroxylation is 1. The van der Waals surface area contributed by atoms with Gasteiger partial charge in [0.05, 0.1) is 6.61 Å². The molecule has 3 aliphatic rings. The van der Waals surface area contributed by atoms with Crippen molar-refractivity contribution in [2.45, 2.75) is 44.6 Å². The monoisotopic (exact) mass is 379 g/mol. The Balaban J connectivity index is 1.27. The Labute approximate surface area is 166 Å². The van der Waals surface area contributed by atoms with Crippen LogP contribution < -0.4 is 5.32 Å². The summed E-state index contributed by atoms with van der Waals surface area (Å²) in [5.74, 6) is 2.53. The molecule has 28 heavy (non-hydrogen) atoms. The molecule has 2 saturated heterocycles. The fraction of sp³-hybridized carbons (Fsp3) is 0.591. The number of pyridine rings is 1. The Morgan fingerprint density at radius 3 is 2.82 bits per heavy atom. The van der Waals surface area contributed by atoms with E-state index in [2.05, 4.69) is 15.2 Å². The molecule has 2 fully saturated rings. The molecule has 0 spiro atoms. The molecule has 6 heteroatoms. The lowest BCUT2D eigenvalue weighted by atomic mass is 10.0. The first-order chi connectivity index (χ1) is 13.8. The minimum atomic E-state index is 0.493. The third kappa shape index (κ3) is 3.89. The number of ether oxygens (including phenoxy) is 1. The number of piperidine rings is 1. The summed E-state index contributed by atoms with van der Waals surface area (Å²) in [7, 11) is 0. The second-order valence-electron chi connectivity index (χ2n) is 8.34. The number of anilines is 1. The summed E-state index contributed by atoms with van der Waals surface area (Å²) in [5.41, 5.74) is 3.39. The van der Waals surface area contributed by atoms with E-state index < -0.39 is 0 Å². The number of rotatable bonds is 5. The van der Waals surface area contributed by atoms with Crippen LogP contribution in [0.3, 0.4) is 0 Å². The van der Waals surface area contributed by atoms with E-state index in [4.69, 9.17) is 14.7 Å². The number of nitrogens with zero attached hydrogens (tertiary/aromatic N) is 4. The first kappa shape index (κ1) is 18.0. The van der Waals surface area contributed by atoms with Gasteiger partial charge in [0.2, 0.25) is 0 Å². The van der Waals surface area contributed by atoms with Gasteiger partial charge in [-0.25, -0.2) is 9.97 Å². The molecular weight excluding hydrogens is 350 g/mol. The van der Waals surface area contributed by atoms with Crippen molar-refractivity contribution in [1.29, 1.82) is 0 Å². The summed E-state index contributed by atoms with van der Waals surface area (Å²) in [6.45, 7) is 5.41. The molecule has 6 nitrogen and oxygen atoms in total. The van der Waals surface area contributed by atoms with Crippen LogP contribution in [0.15, 0.2) is 24.4 Å². The van der Waals surface area contributed by atoms with Crippen molar-refractivity contribution in [2.24, 2.45) is 5.92 Å². The van der Waals surface area contributed by atoms with Crippen molar-refractivity contribution < 1.29 is 4.74 Å². The van der Waals surface area contributed by atoms with Gasteiger partial charge in [0.1, 0.15) is 11.5 Å². The SMILES string of the molecule is c1ccc(-c2nc3c(c(NC4CCN(CC5CCOC5)CC4)n2)CCC3)nc1. The third-order valence-electron chi connectivity index (χ3n) is 6.30.